The molecule has 0 radical (unpaired) electrons. The van der Waals surface area contributed by atoms with Crippen molar-refractivity contribution < 1.29 is 22.3 Å². The Morgan fingerprint density at radius 3 is 2.38 bits per heavy atom. The van der Waals surface area contributed by atoms with Crippen LogP contribution in [0.3, 0.4) is 0 Å². The van der Waals surface area contributed by atoms with Crippen molar-refractivity contribution in [2.75, 3.05) is 11.0 Å². The fourth-order valence-electron chi connectivity index (χ4n) is 4.39. The van der Waals surface area contributed by atoms with Crippen molar-refractivity contribution in [3.63, 3.8) is 0 Å². The van der Waals surface area contributed by atoms with E-state index in [9.17, 15) is 22.3 Å². The molecule has 0 spiro atoms. The highest BCUT2D eigenvalue weighted by Crippen LogP contribution is 2.37. The number of pyridine rings is 1. The maximum absolute atomic E-state index is 13.9. The Labute approximate surface area is 225 Å². The van der Waals surface area contributed by atoms with E-state index in [1.54, 1.807) is 37.7 Å². The van der Waals surface area contributed by atoms with Crippen LogP contribution < -0.4 is 10.5 Å². The minimum Gasteiger partial charge on any atom is -0.378 e. The molecule has 4 aromatic rings. The first kappa shape index (κ1) is 28.2. The van der Waals surface area contributed by atoms with Crippen LogP contribution in [0.4, 0.5) is 14.6 Å². The molecule has 204 valence electrons. The molecule has 0 saturated carbocycles. The second-order valence-corrected chi connectivity index (χ2v) is 11.8. The Morgan fingerprint density at radius 2 is 1.77 bits per heavy atom. The number of anilines is 1. The van der Waals surface area contributed by atoms with Crippen LogP contribution in [-0.2, 0) is 23.5 Å². The lowest BCUT2D eigenvalue weighted by atomic mass is 9.93. The van der Waals surface area contributed by atoms with Gasteiger partial charge in [0.15, 0.2) is 5.82 Å². The molecule has 0 fully saturated rings. The van der Waals surface area contributed by atoms with Crippen LogP contribution in [0, 0.1) is 30.4 Å². The van der Waals surface area contributed by atoms with Gasteiger partial charge in [-0.3, -0.25) is 9.40 Å². The molecule has 0 aliphatic rings. The van der Waals surface area contributed by atoms with Gasteiger partial charge in [0.2, 0.25) is 10.0 Å². The third-order valence-corrected chi connectivity index (χ3v) is 6.48. The third kappa shape index (κ3) is 6.60. The van der Waals surface area contributed by atoms with E-state index in [2.05, 4.69) is 26.6 Å². The number of hydrogen-bond donors (Lipinski definition) is 3. The maximum Gasteiger partial charge on any atom is 0.231 e. The summed E-state index contributed by atoms with van der Waals surface area (Å²) in [6.45, 7) is 4.94. The molecular formula is C28H29F2N5O3S. The van der Waals surface area contributed by atoms with E-state index in [0.717, 1.165) is 17.9 Å². The maximum atomic E-state index is 13.9. The van der Waals surface area contributed by atoms with Gasteiger partial charge in [0.1, 0.15) is 22.9 Å². The molecule has 0 amide bonds. The van der Waals surface area contributed by atoms with Crippen LogP contribution in [0.1, 0.15) is 42.4 Å². The largest absolute Gasteiger partial charge is 0.378 e. The van der Waals surface area contributed by atoms with E-state index < -0.39 is 33.3 Å². The second-order valence-electron chi connectivity index (χ2n) is 10.0. The minimum absolute atomic E-state index is 0.0817. The number of hydrogen-bond acceptors (Lipinski definition) is 6. The molecule has 0 saturated heterocycles. The number of nitrogens with one attached hydrogen (secondary N) is 1. The predicted octanol–water partition coefficient (Wildman–Crippen LogP) is 3.96. The number of aliphatic hydroxyl groups is 1. The minimum atomic E-state index is -3.59. The summed E-state index contributed by atoms with van der Waals surface area (Å²) >= 11 is 0. The van der Waals surface area contributed by atoms with Gasteiger partial charge in [0, 0.05) is 29.6 Å². The molecule has 2 aromatic carbocycles. The van der Waals surface area contributed by atoms with Gasteiger partial charge in [0.25, 0.3) is 0 Å². The number of fused-ring (bicyclic) bond motifs is 1. The third-order valence-electron chi connectivity index (χ3n) is 5.92. The summed E-state index contributed by atoms with van der Waals surface area (Å²) < 4.78 is 55.8. The normalized spacial score (nSPS) is 12.7. The van der Waals surface area contributed by atoms with Crippen molar-refractivity contribution in [3.8, 4) is 23.0 Å². The van der Waals surface area contributed by atoms with E-state index in [1.807, 2.05) is 19.1 Å². The lowest BCUT2D eigenvalue weighted by Crippen LogP contribution is -2.17. The second kappa shape index (κ2) is 10.4. The van der Waals surface area contributed by atoms with Gasteiger partial charge in [-0.2, -0.15) is 5.10 Å². The lowest BCUT2D eigenvalue weighted by molar-refractivity contribution is 0.143. The highest BCUT2D eigenvalue weighted by atomic mass is 32.2. The fraction of sp³-hybridized carbons (Fsp3) is 0.286. The summed E-state index contributed by atoms with van der Waals surface area (Å²) in [5, 5.41) is 15.0. The Hall–Kier alpha value is -3.85. The summed E-state index contributed by atoms with van der Waals surface area (Å²) in [5.41, 5.74) is 9.21. The number of benzene rings is 2. The molecular weight excluding hydrogens is 524 g/mol. The number of rotatable bonds is 6. The van der Waals surface area contributed by atoms with E-state index in [1.165, 1.54) is 12.1 Å². The number of sulfonamides is 1. The molecule has 0 aliphatic heterocycles. The summed E-state index contributed by atoms with van der Waals surface area (Å²) in [6.07, 6.45) is 1.13. The Bertz CT molecular complexity index is 1730. The van der Waals surface area contributed by atoms with Crippen LogP contribution >= 0.6 is 0 Å². The molecule has 0 aliphatic carbocycles. The van der Waals surface area contributed by atoms with Crippen molar-refractivity contribution in [1.82, 2.24) is 14.8 Å². The van der Waals surface area contributed by atoms with Crippen molar-refractivity contribution in [3.05, 3.63) is 76.6 Å². The average molecular weight is 554 g/mol. The highest BCUT2D eigenvalue weighted by molar-refractivity contribution is 7.92. The molecule has 1 atom stereocenters. The standard InChI is InChI=1S/C28H29F2N5O3S/c1-16-6-8-22(26-24(16)27(33-35(26)4)34-39(5,37)38)21-9-7-20(10-11-28(2,3)36)32-25(21)23(31)14-17-12-18(29)15-19(30)13-17/h6-9,12-13,15,23,36H,14,31H2,1-5H3,(H,33,34)/t23-/m0/s1. The zero-order valence-corrected chi connectivity index (χ0v) is 23.0. The van der Waals surface area contributed by atoms with Crippen LogP contribution in [0.5, 0.6) is 0 Å². The number of halogens is 2. The molecule has 0 unspecified atom stereocenters. The van der Waals surface area contributed by atoms with Crippen LogP contribution in [-0.4, -0.2) is 40.1 Å². The first-order chi connectivity index (χ1) is 18.1. The van der Waals surface area contributed by atoms with E-state index in [4.69, 9.17) is 5.73 Å². The van der Waals surface area contributed by atoms with Gasteiger partial charge in [-0.25, -0.2) is 22.2 Å². The Balaban J connectivity index is 1.93. The van der Waals surface area contributed by atoms with E-state index in [-0.39, 0.29) is 12.2 Å². The number of aromatic nitrogens is 3. The van der Waals surface area contributed by atoms with Gasteiger partial charge in [-0.05, 0) is 68.5 Å². The highest BCUT2D eigenvalue weighted by Gasteiger charge is 2.22. The Morgan fingerprint density at radius 1 is 1.13 bits per heavy atom. The fourth-order valence-corrected chi connectivity index (χ4v) is 4.89. The van der Waals surface area contributed by atoms with Gasteiger partial charge in [0.05, 0.1) is 23.5 Å². The summed E-state index contributed by atoms with van der Waals surface area (Å²) in [7, 11) is -1.89. The lowest BCUT2D eigenvalue weighted by Gasteiger charge is -2.18. The quantitative estimate of drug-likeness (QED) is 0.311. The SMILES string of the molecule is Cc1ccc(-c2ccc(C#CC(C)(C)O)nc2[C@@H](N)Cc2cc(F)cc(F)c2)c2c1c(NS(C)(=O)=O)nn2C. The van der Waals surface area contributed by atoms with E-state index in [0.29, 0.717) is 39.0 Å². The van der Waals surface area contributed by atoms with Crippen LogP contribution in [0.15, 0.2) is 42.5 Å². The number of nitrogens with zero attached hydrogens (tertiary/aromatic N) is 3. The number of nitrogens with two attached hydrogens (primary N) is 1. The van der Waals surface area contributed by atoms with Crippen molar-refractivity contribution in [2.45, 2.75) is 38.8 Å². The zero-order valence-electron chi connectivity index (χ0n) is 22.2. The van der Waals surface area contributed by atoms with Crippen LogP contribution in [0.25, 0.3) is 22.0 Å². The van der Waals surface area contributed by atoms with Crippen molar-refractivity contribution in [2.24, 2.45) is 12.8 Å². The molecule has 11 heteroatoms. The van der Waals surface area contributed by atoms with Crippen molar-refractivity contribution in [1.29, 1.82) is 0 Å². The topological polar surface area (TPSA) is 123 Å². The first-order valence-corrected chi connectivity index (χ1v) is 13.9. The summed E-state index contributed by atoms with van der Waals surface area (Å²) in [4.78, 5) is 4.68. The van der Waals surface area contributed by atoms with E-state index >= 15 is 0 Å². The van der Waals surface area contributed by atoms with Gasteiger partial charge in [-0.15, -0.1) is 0 Å². The number of aryl methyl sites for hydroxylation is 2. The molecule has 8 nitrogen and oxygen atoms in total. The molecule has 2 heterocycles. The zero-order chi connectivity index (χ0) is 28.7. The average Bonchev–Trinajstić information content (AvgIpc) is 3.12. The molecule has 0 bridgehead atoms. The monoisotopic (exact) mass is 553 g/mol. The molecule has 4 rings (SSSR count). The van der Waals surface area contributed by atoms with Crippen LogP contribution in [0.2, 0.25) is 0 Å². The van der Waals surface area contributed by atoms with Gasteiger partial charge < -0.3 is 10.8 Å². The van der Waals surface area contributed by atoms with Gasteiger partial charge >= 0.3 is 0 Å². The van der Waals surface area contributed by atoms with Crippen molar-refractivity contribution >= 4 is 26.7 Å². The molecule has 39 heavy (non-hydrogen) atoms. The molecule has 4 N–H and O–H groups in total. The summed E-state index contributed by atoms with van der Waals surface area (Å²) in [5.74, 6) is 4.34. The smallest absolute Gasteiger partial charge is 0.231 e. The molecule has 2 aromatic heterocycles. The first-order valence-electron chi connectivity index (χ1n) is 12.0. The van der Waals surface area contributed by atoms with Gasteiger partial charge in [-0.1, -0.05) is 18.1 Å². The Kier molecular flexibility index (Phi) is 7.49. The predicted molar refractivity (Wildman–Crippen MR) is 147 cm³/mol. The summed E-state index contributed by atoms with van der Waals surface area (Å²) in [6, 6.07) is 9.60.